The smallest absolute Gasteiger partial charge is 0.117 e. The van der Waals surface area contributed by atoms with E-state index in [0.717, 1.165) is 17.1 Å². The molecule has 3 heteroatoms. The lowest BCUT2D eigenvalue weighted by atomic mass is 10.4. The van der Waals surface area contributed by atoms with Crippen LogP contribution in [-0.4, -0.2) is 16.2 Å². The third kappa shape index (κ3) is 1.48. The SMILES string of the molecule is CCc1nccnc1SC. The number of aryl methyl sites for hydroxylation is 1. The maximum Gasteiger partial charge on any atom is 0.117 e. The molecule has 0 aliphatic heterocycles. The summed E-state index contributed by atoms with van der Waals surface area (Å²) in [5, 5.41) is 1.05. The van der Waals surface area contributed by atoms with Gasteiger partial charge in [-0.25, -0.2) is 4.98 Å². The molecule has 10 heavy (non-hydrogen) atoms. The van der Waals surface area contributed by atoms with Gasteiger partial charge in [-0.15, -0.1) is 11.8 Å². The molecule has 0 radical (unpaired) electrons. The Hall–Kier alpha value is -0.570. The fraction of sp³-hybridized carbons (Fsp3) is 0.429. The summed E-state index contributed by atoms with van der Waals surface area (Å²) < 4.78 is 0. The van der Waals surface area contributed by atoms with Crippen LogP contribution in [0.5, 0.6) is 0 Å². The minimum atomic E-state index is 0.962. The summed E-state index contributed by atoms with van der Waals surface area (Å²) in [4.78, 5) is 8.35. The number of thioether (sulfide) groups is 1. The average molecular weight is 154 g/mol. The molecule has 0 N–H and O–H groups in total. The van der Waals surface area contributed by atoms with E-state index in [2.05, 4.69) is 16.9 Å². The fourth-order valence-electron chi connectivity index (χ4n) is 0.767. The van der Waals surface area contributed by atoms with E-state index in [1.54, 1.807) is 24.2 Å². The quantitative estimate of drug-likeness (QED) is 0.607. The van der Waals surface area contributed by atoms with Crippen molar-refractivity contribution < 1.29 is 0 Å². The topological polar surface area (TPSA) is 25.8 Å². The molecular weight excluding hydrogens is 144 g/mol. The predicted octanol–water partition coefficient (Wildman–Crippen LogP) is 1.76. The Morgan fingerprint density at radius 1 is 1.40 bits per heavy atom. The molecule has 1 aromatic heterocycles. The summed E-state index contributed by atoms with van der Waals surface area (Å²) >= 11 is 1.65. The normalized spacial score (nSPS) is 9.80. The second-order valence-electron chi connectivity index (χ2n) is 1.87. The first-order valence-electron chi connectivity index (χ1n) is 3.22. The lowest BCUT2D eigenvalue weighted by Crippen LogP contribution is -1.91. The minimum absolute atomic E-state index is 0.962. The Labute approximate surface area is 65.1 Å². The Bertz CT molecular complexity index is 190. The molecule has 0 aliphatic carbocycles. The van der Waals surface area contributed by atoms with Crippen molar-refractivity contribution in [2.24, 2.45) is 0 Å². The van der Waals surface area contributed by atoms with Crippen LogP contribution in [-0.2, 0) is 6.42 Å². The van der Waals surface area contributed by atoms with Crippen LogP contribution in [0.2, 0.25) is 0 Å². The molecule has 0 atom stereocenters. The first kappa shape index (κ1) is 7.54. The second-order valence-corrected chi connectivity index (χ2v) is 2.66. The number of hydrogen-bond donors (Lipinski definition) is 0. The summed E-state index contributed by atoms with van der Waals surface area (Å²) in [6, 6.07) is 0. The largest absolute Gasteiger partial charge is 0.257 e. The number of nitrogens with zero attached hydrogens (tertiary/aromatic N) is 2. The molecule has 1 rings (SSSR count). The molecule has 0 aromatic carbocycles. The van der Waals surface area contributed by atoms with E-state index in [1.807, 2.05) is 6.26 Å². The van der Waals surface area contributed by atoms with Crippen molar-refractivity contribution in [2.45, 2.75) is 18.4 Å². The Balaban J connectivity index is 2.96. The van der Waals surface area contributed by atoms with Crippen LogP contribution in [0.4, 0.5) is 0 Å². The average Bonchev–Trinajstić information content (AvgIpc) is 2.04. The minimum Gasteiger partial charge on any atom is -0.257 e. The third-order valence-electron chi connectivity index (χ3n) is 1.26. The standard InChI is InChI=1S/C7H10N2S/c1-3-6-7(10-2)9-5-4-8-6/h4-5H,3H2,1-2H3. The highest BCUT2D eigenvalue weighted by Gasteiger charge is 1.98. The van der Waals surface area contributed by atoms with Crippen LogP contribution in [0, 0.1) is 0 Å². The highest BCUT2D eigenvalue weighted by Crippen LogP contribution is 2.14. The van der Waals surface area contributed by atoms with Gasteiger partial charge in [0, 0.05) is 12.4 Å². The van der Waals surface area contributed by atoms with Crippen molar-refractivity contribution in [3.8, 4) is 0 Å². The van der Waals surface area contributed by atoms with Crippen LogP contribution >= 0.6 is 11.8 Å². The van der Waals surface area contributed by atoms with Gasteiger partial charge in [0.25, 0.3) is 0 Å². The van der Waals surface area contributed by atoms with Crippen LogP contribution < -0.4 is 0 Å². The molecule has 0 aliphatic rings. The molecule has 1 aromatic rings. The highest BCUT2D eigenvalue weighted by atomic mass is 32.2. The summed E-state index contributed by atoms with van der Waals surface area (Å²) in [6.45, 7) is 2.09. The van der Waals surface area contributed by atoms with Gasteiger partial charge in [0.1, 0.15) is 5.03 Å². The summed E-state index contributed by atoms with van der Waals surface area (Å²) in [5.41, 5.74) is 1.09. The van der Waals surface area contributed by atoms with Gasteiger partial charge in [0.2, 0.25) is 0 Å². The first-order chi connectivity index (χ1) is 4.88. The molecule has 0 amide bonds. The summed E-state index contributed by atoms with van der Waals surface area (Å²) in [6.07, 6.45) is 6.44. The lowest BCUT2D eigenvalue weighted by Gasteiger charge is -1.99. The van der Waals surface area contributed by atoms with Gasteiger partial charge in [0.05, 0.1) is 5.69 Å². The highest BCUT2D eigenvalue weighted by molar-refractivity contribution is 7.98. The van der Waals surface area contributed by atoms with Crippen LogP contribution in [0.3, 0.4) is 0 Å². The zero-order valence-corrected chi connectivity index (χ0v) is 6.98. The van der Waals surface area contributed by atoms with Gasteiger partial charge in [-0.2, -0.15) is 0 Å². The lowest BCUT2D eigenvalue weighted by molar-refractivity contribution is 0.911. The molecular formula is C7H10N2S. The van der Waals surface area contributed by atoms with Crippen molar-refractivity contribution in [1.82, 2.24) is 9.97 Å². The van der Waals surface area contributed by atoms with Crippen molar-refractivity contribution in [3.05, 3.63) is 18.1 Å². The van der Waals surface area contributed by atoms with E-state index >= 15 is 0 Å². The fourth-order valence-corrected chi connectivity index (χ4v) is 1.37. The van der Waals surface area contributed by atoms with E-state index in [4.69, 9.17) is 0 Å². The second kappa shape index (κ2) is 3.56. The van der Waals surface area contributed by atoms with Crippen LogP contribution in [0.1, 0.15) is 12.6 Å². The monoisotopic (exact) mass is 154 g/mol. The summed E-state index contributed by atoms with van der Waals surface area (Å²) in [5.74, 6) is 0. The zero-order chi connectivity index (χ0) is 7.40. The van der Waals surface area contributed by atoms with Gasteiger partial charge in [-0.3, -0.25) is 4.98 Å². The number of aromatic nitrogens is 2. The van der Waals surface area contributed by atoms with Crippen LogP contribution in [0.25, 0.3) is 0 Å². The van der Waals surface area contributed by atoms with E-state index in [0.29, 0.717) is 0 Å². The van der Waals surface area contributed by atoms with Gasteiger partial charge in [0.15, 0.2) is 0 Å². The van der Waals surface area contributed by atoms with Crippen molar-refractivity contribution >= 4 is 11.8 Å². The Morgan fingerprint density at radius 3 is 2.60 bits per heavy atom. The summed E-state index contributed by atoms with van der Waals surface area (Å²) in [7, 11) is 0. The zero-order valence-electron chi connectivity index (χ0n) is 6.16. The third-order valence-corrected chi connectivity index (χ3v) is 1.99. The van der Waals surface area contributed by atoms with Crippen molar-refractivity contribution in [3.63, 3.8) is 0 Å². The molecule has 2 nitrogen and oxygen atoms in total. The first-order valence-corrected chi connectivity index (χ1v) is 4.44. The van der Waals surface area contributed by atoms with Gasteiger partial charge in [-0.05, 0) is 12.7 Å². The maximum absolute atomic E-state index is 4.18. The van der Waals surface area contributed by atoms with Crippen molar-refractivity contribution in [1.29, 1.82) is 0 Å². The van der Waals surface area contributed by atoms with E-state index in [9.17, 15) is 0 Å². The molecule has 0 bridgehead atoms. The van der Waals surface area contributed by atoms with E-state index < -0.39 is 0 Å². The van der Waals surface area contributed by atoms with Crippen molar-refractivity contribution in [2.75, 3.05) is 6.26 Å². The molecule has 1 heterocycles. The molecule has 0 fully saturated rings. The molecule has 0 unspecified atom stereocenters. The van der Waals surface area contributed by atoms with Crippen LogP contribution in [0.15, 0.2) is 17.4 Å². The number of hydrogen-bond acceptors (Lipinski definition) is 3. The Morgan fingerprint density at radius 2 is 2.10 bits per heavy atom. The van der Waals surface area contributed by atoms with E-state index in [-0.39, 0.29) is 0 Å². The number of rotatable bonds is 2. The molecule has 0 saturated carbocycles. The van der Waals surface area contributed by atoms with Gasteiger partial charge in [-0.1, -0.05) is 6.92 Å². The predicted molar refractivity (Wildman–Crippen MR) is 43.2 cm³/mol. The molecule has 0 spiro atoms. The van der Waals surface area contributed by atoms with Gasteiger partial charge >= 0.3 is 0 Å². The van der Waals surface area contributed by atoms with E-state index in [1.165, 1.54) is 0 Å². The maximum atomic E-state index is 4.18. The Kier molecular flexibility index (Phi) is 2.68. The molecule has 0 saturated heterocycles. The van der Waals surface area contributed by atoms with Gasteiger partial charge < -0.3 is 0 Å². The molecule has 54 valence electrons.